The van der Waals surface area contributed by atoms with Crippen molar-refractivity contribution in [2.45, 2.75) is 38.6 Å². The van der Waals surface area contributed by atoms with E-state index in [2.05, 4.69) is 27.1 Å². The molecule has 1 aliphatic rings. The molecule has 0 radical (unpaired) electrons. The van der Waals surface area contributed by atoms with Crippen LogP contribution in [-0.2, 0) is 0 Å². The third kappa shape index (κ3) is 3.90. The highest BCUT2D eigenvalue weighted by atomic mass is 15.2. The van der Waals surface area contributed by atoms with Crippen LogP contribution in [0.15, 0.2) is 12.4 Å². The molecule has 0 spiro atoms. The van der Waals surface area contributed by atoms with Crippen molar-refractivity contribution in [2.75, 3.05) is 24.5 Å². The molecular formula is C14H21N5. The number of rotatable bonds is 6. The van der Waals surface area contributed by atoms with Gasteiger partial charge in [-0.15, -0.1) is 0 Å². The number of aromatic nitrogens is 2. The molecule has 1 N–H and O–H groups in total. The van der Waals surface area contributed by atoms with Crippen LogP contribution in [0, 0.1) is 11.3 Å². The van der Waals surface area contributed by atoms with Crippen LogP contribution in [0.4, 0.5) is 5.82 Å². The minimum Gasteiger partial charge on any atom is -0.354 e. The lowest BCUT2D eigenvalue weighted by molar-refractivity contribution is 0.568. The fourth-order valence-corrected chi connectivity index (χ4v) is 2.37. The zero-order valence-electron chi connectivity index (χ0n) is 11.5. The highest BCUT2D eigenvalue weighted by Crippen LogP contribution is 2.14. The van der Waals surface area contributed by atoms with Crippen LogP contribution < -0.4 is 10.2 Å². The summed E-state index contributed by atoms with van der Waals surface area (Å²) < 4.78 is 0. The van der Waals surface area contributed by atoms with E-state index in [0.29, 0.717) is 11.7 Å². The number of anilines is 1. The second-order valence-corrected chi connectivity index (χ2v) is 4.96. The molecule has 1 aliphatic heterocycles. The molecule has 5 heteroatoms. The average molecular weight is 259 g/mol. The van der Waals surface area contributed by atoms with Crippen LogP contribution >= 0.6 is 0 Å². The number of hydrogen-bond donors (Lipinski definition) is 1. The van der Waals surface area contributed by atoms with Gasteiger partial charge in [-0.2, -0.15) is 5.26 Å². The normalized spacial score (nSPS) is 18.2. The summed E-state index contributed by atoms with van der Waals surface area (Å²) in [7, 11) is 0. The first-order chi connectivity index (χ1) is 9.33. The lowest BCUT2D eigenvalue weighted by Gasteiger charge is -2.26. The lowest BCUT2D eigenvalue weighted by atomic mass is 10.2. The van der Waals surface area contributed by atoms with Crippen molar-refractivity contribution >= 4 is 5.82 Å². The van der Waals surface area contributed by atoms with Gasteiger partial charge in [0.05, 0.1) is 12.4 Å². The van der Waals surface area contributed by atoms with Crippen LogP contribution in [0.3, 0.4) is 0 Å². The van der Waals surface area contributed by atoms with Gasteiger partial charge < -0.3 is 10.2 Å². The number of hydrogen-bond acceptors (Lipinski definition) is 5. The van der Waals surface area contributed by atoms with Crippen molar-refractivity contribution in [3.63, 3.8) is 0 Å². The molecule has 0 saturated carbocycles. The Morgan fingerprint density at radius 2 is 2.37 bits per heavy atom. The largest absolute Gasteiger partial charge is 0.354 e. The van der Waals surface area contributed by atoms with Crippen molar-refractivity contribution in [2.24, 2.45) is 0 Å². The molecule has 1 aromatic rings. The average Bonchev–Trinajstić information content (AvgIpc) is 2.96. The van der Waals surface area contributed by atoms with Crippen molar-refractivity contribution in [1.82, 2.24) is 15.3 Å². The van der Waals surface area contributed by atoms with Crippen LogP contribution in [0.25, 0.3) is 0 Å². The third-order valence-electron chi connectivity index (χ3n) is 3.46. The fraction of sp³-hybridized carbons (Fsp3) is 0.643. The van der Waals surface area contributed by atoms with E-state index < -0.39 is 0 Å². The first-order valence-corrected chi connectivity index (χ1v) is 7.04. The van der Waals surface area contributed by atoms with Gasteiger partial charge in [-0.25, -0.2) is 9.97 Å². The van der Waals surface area contributed by atoms with Gasteiger partial charge >= 0.3 is 0 Å². The van der Waals surface area contributed by atoms with Gasteiger partial charge in [0, 0.05) is 19.1 Å². The molecule has 1 unspecified atom stereocenters. The Labute approximate surface area is 114 Å². The Morgan fingerprint density at radius 3 is 2.95 bits per heavy atom. The maximum atomic E-state index is 8.76. The second-order valence-electron chi connectivity index (χ2n) is 4.96. The van der Waals surface area contributed by atoms with E-state index in [1.54, 1.807) is 12.4 Å². The van der Waals surface area contributed by atoms with Crippen LogP contribution in [0.2, 0.25) is 0 Å². The summed E-state index contributed by atoms with van der Waals surface area (Å²) >= 11 is 0. The molecule has 0 amide bonds. The van der Waals surface area contributed by atoms with E-state index in [1.165, 1.54) is 12.8 Å². The summed E-state index contributed by atoms with van der Waals surface area (Å²) in [6.07, 6.45) is 8.06. The zero-order chi connectivity index (χ0) is 13.5. The van der Waals surface area contributed by atoms with Crippen LogP contribution in [0.5, 0.6) is 0 Å². The van der Waals surface area contributed by atoms with Crippen molar-refractivity contribution < 1.29 is 0 Å². The number of unbranched alkanes of at least 4 members (excludes halogenated alkanes) is 1. The Balaban J connectivity index is 2.04. The minimum atomic E-state index is 0.373. The first-order valence-electron chi connectivity index (χ1n) is 7.04. The Morgan fingerprint density at radius 1 is 1.47 bits per heavy atom. The summed E-state index contributed by atoms with van der Waals surface area (Å²) in [6.45, 7) is 5.28. The first kappa shape index (κ1) is 13.8. The molecule has 1 atom stereocenters. The predicted molar refractivity (Wildman–Crippen MR) is 74.9 cm³/mol. The van der Waals surface area contributed by atoms with Crippen molar-refractivity contribution in [3.8, 4) is 6.07 Å². The third-order valence-corrected chi connectivity index (χ3v) is 3.46. The topological polar surface area (TPSA) is 64.8 Å². The van der Waals surface area contributed by atoms with Gasteiger partial charge in [0.2, 0.25) is 0 Å². The molecule has 102 valence electrons. The van der Waals surface area contributed by atoms with E-state index in [4.69, 9.17) is 5.26 Å². The molecule has 2 rings (SSSR count). The number of nitrogens with one attached hydrogen (secondary N) is 1. The molecule has 1 saturated heterocycles. The van der Waals surface area contributed by atoms with Crippen molar-refractivity contribution in [1.29, 1.82) is 5.26 Å². The molecule has 0 aromatic carbocycles. The minimum absolute atomic E-state index is 0.373. The van der Waals surface area contributed by atoms with Gasteiger partial charge in [0.15, 0.2) is 5.69 Å². The number of nitriles is 1. The quantitative estimate of drug-likeness (QED) is 0.842. The van der Waals surface area contributed by atoms with E-state index in [9.17, 15) is 0 Å². The summed E-state index contributed by atoms with van der Waals surface area (Å²) in [5, 5.41) is 12.3. The van der Waals surface area contributed by atoms with Gasteiger partial charge in [0.25, 0.3) is 0 Å². The van der Waals surface area contributed by atoms with E-state index >= 15 is 0 Å². The SMILES string of the molecule is CCCCN(CC1CCCN1)c1cnc(C#N)cn1. The van der Waals surface area contributed by atoms with E-state index in [0.717, 1.165) is 38.3 Å². The highest BCUT2D eigenvalue weighted by Gasteiger charge is 2.18. The van der Waals surface area contributed by atoms with E-state index in [1.807, 2.05) is 6.07 Å². The molecule has 5 nitrogen and oxygen atoms in total. The fourth-order valence-electron chi connectivity index (χ4n) is 2.37. The lowest BCUT2D eigenvalue weighted by Crippen LogP contribution is -2.38. The highest BCUT2D eigenvalue weighted by molar-refractivity contribution is 5.37. The zero-order valence-corrected chi connectivity index (χ0v) is 11.5. The maximum absolute atomic E-state index is 8.76. The summed E-state index contributed by atoms with van der Waals surface area (Å²) in [6, 6.07) is 2.56. The molecule has 1 aromatic heterocycles. The smallest absolute Gasteiger partial charge is 0.158 e. The molecule has 2 heterocycles. The van der Waals surface area contributed by atoms with Crippen LogP contribution in [-0.4, -0.2) is 35.6 Å². The van der Waals surface area contributed by atoms with E-state index in [-0.39, 0.29) is 0 Å². The molecule has 0 aliphatic carbocycles. The summed E-state index contributed by atoms with van der Waals surface area (Å²) in [5.41, 5.74) is 0.373. The standard InChI is InChI=1S/C14H21N5/c1-2-3-7-19(11-12-5-4-6-16-12)14-10-17-13(8-15)9-18-14/h9-10,12,16H,2-7,11H2,1H3. The van der Waals surface area contributed by atoms with Crippen LogP contribution in [0.1, 0.15) is 38.3 Å². The summed E-state index contributed by atoms with van der Waals surface area (Å²) in [4.78, 5) is 10.8. The Bertz CT molecular complexity index is 416. The maximum Gasteiger partial charge on any atom is 0.158 e. The second kappa shape index (κ2) is 7.05. The van der Waals surface area contributed by atoms with Gasteiger partial charge in [-0.05, 0) is 25.8 Å². The van der Waals surface area contributed by atoms with Crippen molar-refractivity contribution in [3.05, 3.63) is 18.1 Å². The Hall–Kier alpha value is -1.67. The predicted octanol–water partition coefficient (Wildman–Crippen LogP) is 1.71. The molecule has 19 heavy (non-hydrogen) atoms. The van der Waals surface area contributed by atoms with Gasteiger partial charge in [-0.1, -0.05) is 13.3 Å². The molecular weight excluding hydrogens is 238 g/mol. The van der Waals surface area contributed by atoms with Gasteiger partial charge in [-0.3, -0.25) is 0 Å². The Kier molecular flexibility index (Phi) is 5.10. The van der Waals surface area contributed by atoms with Gasteiger partial charge in [0.1, 0.15) is 11.9 Å². The molecule has 1 fully saturated rings. The summed E-state index contributed by atoms with van der Waals surface area (Å²) in [5.74, 6) is 0.876. The number of nitrogens with zero attached hydrogens (tertiary/aromatic N) is 4. The monoisotopic (exact) mass is 259 g/mol. The molecule has 0 bridgehead atoms.